The van der Waals surface area contributed by atoms with Crippen molar-refractivity contribution in [2.24, 2.45) is 0 Å². The number of benzene rings is 1. The van der Waals surface area contributed by atoms with Gasteiger partial charge in [-0.15, -0.1) is 12.4 Å². The maximum Gasteiger partial charge on any atom is 0.253 e. The molecule has 1 aromatic rings. The highest BCUT2D eigenvalue weighted by Crippen LogP contribution is 2.04. The fraction of sp³-hybridized carbons (Fsp3) is 0.300. The zero-order valence-electron chi connectivity index (χ0n) is 8.07. The average Bonchev–Trinajstić information content (AvgIpc) is 2.04. The number of carbonyl (C=O) groups excluding carboxylic acids is 1. The lowest BCUT2D eigenvalue weighted by atomic mass is 10.1. The molecule has 0 saturated heterocycles. The minimum absolute atomic E-state index is 0. The van der Waals surface area contributed by atoms with E-state index in [1.165, 1.54) is 5.56 Å². The average molecular weight is 200 g/mol. The molecule has 2 nitrogen and oxygen atoms in total. The minimum atomic E-state index is 0. The van der Waals surface area contributed by atoms with Gasteiger partial charge in [-0.2, -0.15) is 0 Å². The van der Waals surface area contributed by atoms with Gasteiger partial charge >= 0.3 is 0 Å². The smallest absolute Gasteiger partial charge is 0.253 e. The van der Waals surface area contributed by atoms with Crippen LogP contribution in [0.3, 0.4) is 0 Å². The van der Waals surface area contributed by atoms with Crippen LogP contribution >= 0.6 is 12.4 Å². The molecular formula is C10H14ClNO. The zero-order chi connectivity index (χ0) is 9.14. The first-order valence-electron chi connectivity index (χ1n) is 3.89. The van der Waals surface area contributed by atoms with E-state index in [1.54, 1.807) is 19.0 Å². The number of nitrogens with zero attached hydrogens (tertiary/aromatic N) is 1. The number of halogens is 1. The second kappa shape index (κ2) is 4.87. The summed E-state index contributed by atoms with van der Waals surface area (Å²) >= 11 is 0. The van der Waals surface area contributed by atoms with Gasteiger partial charge in [0.25, 0.3) is 5.91 Å². The van der Waals surface area contributed by atoms with E-state index in [0.29, 0.717) is 0 Å². The predicted molar refractivity (Wildman–Crippen MR) is 56.4 cm³/mol. The van der Waals surface area contributed by atoms with Gasteiger partial charge in [0.05, 0.1) is 0 Å². The van der Waals surface area contributed by atoms with Gasteiger partial charge in [0.15, 0.2) is 0 Å². The Bertz CT molecular complexity index is 279. The molecule has 0 atom stereocenters. The first-order chi connectivity index (χ1) is 5.61. The molecule has 1 rings (SSSR count). The molecule has 3 heteroatoms. The molecule has 0 N–H and O–H groups in total. The quantitative estimate of drug-likeness (QED) is 0.679. The van der Waals surface area contributed by atoms with Gasteiger partial charge in [-0.25, -0.2) is 0 Å². The summed E-state index contributed by atoms with van der Waals surface area (Å²) in [5.74, 6) is 0.0509. The predicted octanol–water partition coefficient (Wildman–Crippen LogP) is 2.12. The number of amides is 1. The standard InChI is InChI=1S/C10H13NO.ClH/c1-8-4-6-9(7-5-8)10(12)11(2)3;/h4-7H,1-3H3;1H. The van der Waals surface area contributed by atoms with Crippen molar-refractivity contribution in [1.29, 1.82) is 0 Å². The maximum absolute atomic E-state index is 11.4. The molecule has 0 unspecified atom stereocenters. The van der Waals surface area contributed by atoms with Crippen LogP contribution in [0.5, 0.6) is 0 Å². The first kappa shape index (κ1) is 12.0. The third kappa shape index (κ3) is 3.07. The van der Waals surface area contributed by atoms with E-state index in [0.717, 1.165) is 5.56 Å². The number of hydrogen-bond donors (Lipinski definition) is 0. The van der Waals surface area contributed by atoms with Crippen molar-refractivity contribution in [3.63, 3.8) is 0 Å². The molecule has 0 saturated carbocycles. The molecule has 1 amide bonds. The fourth-order valence-electron chi connectivity index (χ4n) is 0.954. The van der Waals surface area contributed by atoms with Crippen molar-refractivity contribution >= 4 is 18.3 Å². The van der Waals surface area contributed by atoms with E-state index < -0.39 is 0 Å². The summed E-state index contributed by atoms with van der Waals surface area (Å²) in [6.45, 7) is 2.00. The van der Waals surface area contributed by atoms with Gasteiger partial charge in [0.1, 0.15) is 0 Å². The maximum atomic E-state index is 11.4. The zero-order valence-corrected chi connectivity index (χ0v) is 8.89. The molecular weight excluding hydrogens is 186 g/mol. The van der Waals surface area contributed by atoms with Crippen molar-refractivity contribution in [1.82, 2.24) is 4.90 Å². The Morgan fingerprint density at radius 2 is 1.62 bits per heavy atom. The highest BCUT2D eigenvalue weighted by Gasteiger charge is 2.05. The SMILES string of the molecule is Cc1ccc(C(=O)N(C)C)cc1.Cl. The molecule has 1 aromatic carbocycles. The van der Waals surface area contributed by atoms with Crippen molar-refractivity contribution in [3.8, 4) is 0 Å². The highest BCUT2D eigenvalue weighted by molar-refractivity contribution is 5.93. The van der Waals surface area contributed by atoms with E-state index >= 15 is 0 Å². The first-order valence-corrected chi connectivity index (χ1v) is 3.89. The summed E-state index contributed by atoms with van der Waals surface area (Å²) in [5.41, 5.74) is 1.91. The van der Waals surface area contributed by atoms with Crippen LogP contribution in [0.1, 0.15) is 15.9 Å². The Morgan fingerprint density at radius 1 is 1.15 bits per heavy atom. The second-order valence-electron chi connectivity index (χ2n) is 3.07. The van der Waals surface area contributed by atoms with Crippen LogP contribution in [0, 0.1) is 6.92 Å². The molecule has 0 radical (unpaired) electrons. The van der Waals surface area contributed by atoms with Crippen LogP contribution in [-0.2, 0) is 0 Å². The number of rotatable bonds is 1. The second-order valence-corrected chi connectivity index (χ2v) is 3.07. The molecule has 0 spiro atoms. The van der Waals surface area contributed by atoms with Gasteiger partial charge in [0, 0.05) is 19.7 Å². The fourth-order valence-corrected chi connectivity index (χ4v) is 0.954. The lowest BCUT2D eigenvalue weighted by molar-refractivity contribution is 0.0827. The summed E-state index contributed by atoms with van der Waals surface area (Å²) in [5, 5.41) is 0. The Balaban J connectivity index is 0.00000144. The Kier molecular flexibility index (Phi) is 4.49. The molecule has 0 fully saturated rings. The Morgan fingerprint density at radius 3 is 2.00 bits per heavy atom. The van der Waals surface area contributed by atoms with Crippen molar-refractivity contribution in [2.45, 2.75) is 6.92 Å². The third-order valence-electron chi connectivity index (χ3n) is 1.70. The summed E-state index contributed by atoms with van der Waals surface area (Å²) in [6, 6.07) is 7.57. The van der Waals surface area contributed by atoms with Crippen molar-refractivity contribution < 1.29 is 4.79 Å². The van der Waals surface area contributed by atoms with Gasteiger partial charge < -0.3 is 4.90 Å². The van der Waals surface area contributed by atoms with E-state index in [1.807, 2.05) is 31.2 Å². The van der Waals surface area contributed by atoms with Crippen LogP contribution in [-0.4, -0.2) is 24.9 Å². The minimum Gasteiger partial charge on any atom is -0.345 e. The van der Waals surface area contributed by atoms with Crippen LogP contribution in [0.2, 0.25) is 0 Å². The summed E-state index contributed by atoms with van der Waals surface area (Å²) < 4.78 is 0. The van der Waals surface area contributed by atoms with E-state index in [2.05, 4.69) is 0 Å². The molecule has 0 bridgehead atoms. The summed E-state index contributed by atoms with van der Waals surface area (Å²) in [6.07, 6.45) is 0. The summed E-state index contributed by atoms with van der Waals surface area (Å²) in [4.78, 5) is 13.0. The number of carbonyl (C=O) groups is 1. The largest absolute Gasteiger partial charge is 0.345 e. The van der Waals surface area contributed by atoms with Crippen molar-refractivity contribution in [2.75, 3.05) is 14.1 Å². The Hall–Kier alpha value is -1.02. The van der Waals surface area contributed by atoms with E-state index in [9.17, 15) is 4.79 Å². The van der Waals surface area contributed by atoms with E-state index in [-0.39, 0.29) is 18.3 Å². The molecule has 0 heterocycles. The van der Waals surface area contributed by atoms with Crippen LogP contribution in [0.4, 0.5) is 0 Å². The molecule has 72 valence electrons. The van der Waals surface area contributed by atoms with Crippen molar-refractivity contribution in [3.05, 3.63) is 35.4 Å². The molecule has 0 aliphatic heterocycles. The van der Waals surface area contributed by atoms with Gasteiger partial charge in [-0.3, -0.25) is 4.79 Å². The van der Waals surface area contributed by atoms with Gasteiger partial charge in [0.2, 0.25) is 0 Å². The molecule has 0 aliphatic rings. The monoisotopic (exact) mass is 199 g/mol. The summed E-state index contributed by atoms with van der Waals surface area (Å²) in [7, 11) is 3.50. The topological polar surface area (TPSA) is 20.3 Å². The molecule has 13 heavy (non-hydrogen) atoms. The Labute approximate surface area is 85.0 Å². The van der Waals surface area contributed by atoms with Crippen LogP contribution < -0.4 is 0 Å². The van der Waals surface area contributed by atoms with Crippen LogP contribution in [0.25, 0.3) is 0 Å². The normalized spacial score (nSPS) is 8.85. The third-order valence-corrected chi connectivity index (χ3v) is 1.70. The lowest BCUT2D eigenvalue weighted by Crippen LogP contribution is -2.21. The highest BCUT2D eigenvalue weighted by atomic mass is 35.5. The van der Waals surface area contributed by atoms with Gasteiger partial charge in [-0.1, -0.05) is 17.7 Å². The number of hydrogen-bond acceptors (Lipinski definition) is 1. The number of aryl methyl sites for hydroxylation is 1. The lowest BCUT2D eigenvalue weighted by Gasteiger charge is -2.09. The molecule has 0 aliphatic carbocycles. The van der Waals surface area contributed by atoms with Crippen LogP contribution in [0.15, 0.2) is 24.3 Å². The van der Waals surface area contributed by atoms with Gasteiger partial charge in [-0.05, 0) is 19.1 Å². The molecule has 0 aromatic heterocycles. The van der Waals surface area contributed by atoms with E-state index in [4.69, 9.17) is 0 Å².